The first-order chi connectivity index (χ1) is 12.7. The molecule has 8 heteroatoms. The van der Waals surface area contributed by atoms with E-state index in [0.717, 1.165) is 17.0 Å². The number of amides is 2. The number of ether oxygens (including phenoxy) is 2. The second-order valence-corrected chi connectivity index (χ2v) is 8.19. The molecule has 0 saturated heterocycles. The number of carbonyl (C=O) groups excluding carboxylic acids is 2. The predicted molar refractivity (Wildman–Crippen MR) is 104 cm³/mol. The van der Waals surface area contributed by atoms with E-state index in [-0.39, 0.29) is 11.8 Å². The summed E-state index contributed by atoms with van der Waals surface area (Å²) in [6.45, 7) is 8.11. The molecule has 1 unspecified atom stereocenters. The van der Waals surface area contributed by atoms with Gasteiger partial charge in [0.15, 0.2) is 16.6 Å². The van der Waals surface area contributed by atoms with Crippen LogP contribution in [0.2, 0.25) is 0 Å². The molecule has 2 heterocycles. The molecule has 3 rings (SSSR count). The Bertz CT molecular complexity index is 857. The topological polar surface area (TPSA) is 89.6 Å². The van der Waals surface area contributed by atoms with Crippen LogP contribution in [0.25, 0.3) is 11.3 Å². The molecule has 1 atom stereocenters. The lowest BCUT2D eigenvalue weighted by molar-refractivity contribution is -0.131. The first kappa shape index (κ1) is 19.2. The van der Waals surface area contributed by atoms with Crippen molar-refractivity contribution >= 4 is 28.3 Å². The Hall–Kier alpha value is -2.61. The summed E-state index contributed by atoms with van der Waals surface area (Å²) >= 11 is 1.32. The van der Waals surface area contributed by atoms with Crippen LogP contribution in [0, 0.1) is 5.41 Å². The predicted octanol–water partition coefficient (Wildman–Crippen LogP) is 3.07. The Labute approximate surface area is 162 Å². The SMILES string of the molecule is CC(NC(=O)C(C)(C)C)C(=O)Nc1nc(-c2ccc3c(c2)OCCO3)cs1. The average Bonchev–Trinajstić information content (AvgIpc) is 3.08. The zero-order valence-electron chi connectivity index (χ0n) is 15.8. The second kappa shape index (κ2) is 7.56. The lowest BCUT2D eigenvalue weighted by Crippen LogP contribution is -2.46. The Morgan fingerprint density at radius 3 is 2.59 bits per heavy atom. The van der Waals surface area contributed by atoms with E-state index in [1.165, 1.54) is 11.3 Å². The van der Waals surface area contributed by atoms with Gasteiger partial charge in [0.25, 0.3) is 0 Å². The van der Waals surface area contributed by atoms with E-state index < -0.39 is 11.5 Å². The van der Waals surface area contributed by atoms with Gasteiger partial charge < -0.3 is 20.1 Å². The summed E-state index contributed by atoms with van der Waals surface area (Å²) < 4.78 is 11.1. The summed E-state index contributed by atoms with van der Waals surface area (Å²) in [5.41, 5.74) is 1.06. The van der Waals surface area contributed by atoms with Crippen LogP contribution in [0.4, 0.5) is 5.13 Å². The molecular weight excluding hydrogens is 366 g/mol. The standard InChI is InChI=1S/C19H23N3O4S/c1-11(20-17(24)19(2,3)4)16(23)22-18-21-13(10-27-18)12-5-6-14-15(9-12)26-8-7-25-14/h5-6,9-11H,7-8H2,1-4H3,(H,20,24)(H,21,22,23). The molecule has 0 spiro atoms. The van der Waals surface area contributed by atoms with Crippen molar-refractivity contribution in [3.63, 3.8) is 0 Å². The number of hydrogen-bond acceptors (Lipinski definition) is 6. The molecule has 1 aromatic heterocycles. The maximum Gasteiger partial charge on any atom is 0.248 e. The first-order valence-corrected chi connectivity index (χ1v) is 9.59. The van der Waals surface area contributed by atoms with Gasteiger partial charge in [0.1, 0.15) is 19.3 Å². The number of thiazole rings is 1. The van der Waals surface area contributed by atoms with E-state index in [4.69, 9.17) is 9.47 Å². The number of rotatable bonds is 4. The van der Waals surface area contributed by atoms with Gasteiger partial charge in [-0.1, -0.05) is 20.8 Å². The smallest absolute Gasteiger partial charge is 0.248 e. The fourth-order valence-corrected chi connectivity index (χ4v) is 3.08. The highest BCUT2D eigenvalue weighted by Gasteiger charge is 2.25. The molecule has 144 valence electrons. The number of aromatic nitrogens is 1. The van der Waals surface area contributed by atoms with Crippen LogP contribution < -0.4 is 20.1 Å². The third-order valence-electron chi connectivity index (χ3n) is 3.99. The van der Waals surface area contributed by atoms with Crippen LogP contribution >= 0.6 is 11.3 Å². The average molecular weight is 389 g/mol. The third kappa shape index (κ3) is 4.57. The van der Waals surface area contributed by atoms with Crippen molar-refractivity contribution < 1.29 is 19.1 Å². The Kier molecular flexibility index (Phi) is 5.36. The fraction of sp³-hybridized carbons (Fsp3) is 0.421. The maximum absolute atomic E-state index is 12.3. The summed E-state index contributed by atoms with van der Waals surface area (Å²) in [6, 6.07) is 4.98. The molecule has 0 bridgehead atoms. The van der Waals surface area contributed by atoms with Crippen LogP contribution in [0.3, 0.4) is 0 Å². The van der Waals surface area contributed by atoms with Crippen LogP contribution in [0.15, 0.2) is 23.6 Å². The van der Waals surface area contributed by atoms with E-state index in [1.54, 1.807) is 27.7 Å². The summed E-state index contributed by atoms with van der Waals surface area (Å²) in [5.74, 6) is 0.921. The number of carbonyl (C=O) groups is 2. The molecule has 0 fully saturated rings. The van der Waals surface area contributed by atoms with Crippen LogP contribution in [-0.4, -0.2) is 36.1 Å². The largest absolute Gasteiger partial charge is 0.486 e. The van der Waals surface area contributed by atoms with Crippen LogP contribution in [0.5, 0.6) is 11.5 Å². The highest BCUT2D eigenvalue weighted by Crippen LogP contribution is 2.35. The molecule has 2 aromatic rings. The van der Waals surface area contributed by atoms with Crippen LogP contribution in [-0.2, 0) is 9.59 Å². The van der Waals surface area contributed by atoms with Gasteiger partial charge in [0.05, 0.1) is 5.69 Å². The molecule has 2 amide bonds. The number of fused-ring (bicyclic) bond motifs is 1. The minimum absolute atomic E-state index is 0.179. The van der Waals surface area contributed by atoms with Crippen molar-refractivity contribution in [1.29, 1.82) is 0 Å². The molecule has 2 N–H and O–H groups in total. The summed E-state index contributed by atoms with van der Waals surface area (Å²) in [7, 11) is 0. The number of nitrogens with one attached hydrogen (secondary N) is 2. The van der Waals surface area contributed by atoms with Crippen molar-refractivity contribution in [1.82, 2.24) is 10.3 Å². The van der Waals surface area contributed by atoms with Gasteiger partial charge in [0.2, 0.25) is 11.8 Å². The van der Waals surface area contributed by atoms with Crippen LogP contribution in [0.1, 0.15) is 27.7 Å². The molecule has 1 aliphatic rings. The van der Waals surface area contributed by atoms with Crippen molar-refractivity contribution in [2.24, 2.45) is 5.41 Å². The van der Waals surface area contributed by atoms with Crippen molar-refractivity contribution in [3.05, 3.63) is 23.6 Å². The Morgan fingerprint density at radius 2 is 1.89 bits per heavy atom. The number of nitrogens with zero attached hydrogens (tertiary/aromatic N) is 1. The van der Waals surface area contributed by atoms with Crippen molar-refractivity contribution in [2.45, 2.75) is 33.7 Å². The first-order valence-electron chi connectivity index (χ1n) is 8.71. The van der Waals surface area contributed by atoms with Gasteiger partial charge in [-0.3, -0.25) is 9.59 Å². The summed E-state index contributed by atoms with van der Waals surface area (Å²) in [4.78, 5) is 28.8. The summed E-state index contributed by atoms with van der Waals surface area (Å²) in [5, 5.41) is 7.79. The van der Waals surface area contributed by atoms with Crippen molar-refractivity contribution in [3.8, 4) is 22.8 Å². The fourth-order valence-electron chi connectivity index (χ4n) is 2.36. The molecule has 27 heavy (non-hydrogen) atoms. The van der Waals surface area contributed by atoms with E-state index in [2.05, 4.69) is 15.6 Å². The van der Waals surface area contributed by atoms with E-state index >= 15 is 0 Å². The zero-order valence-corrected chi connectivity index (χ0v) is 16.6. The lowest BCUT2D eigenvalue weighted by atomic mass is 9.95. The Morgan fingerprint density at radius 1 is 1.19 bits per heavy atom. The molecule has 0 radical (unpaired) electrons. The van der Waals surface area contributed by atoms with E-state index in [0.29, 0.717) is 24.1 Å². The van der Waals surface area contributed by atoms with Crippen molar-refractivity contribution in [2.75, 3.05) is 18.5 Å². The normalized spacial score (nSPS) is 14.4. The van der Waals surface area contributed by atoms with Gasteiger partial charge in [-0.15, -0.1) is 11.3 Å². The van der Waals surface area contributed by atoms with Gasteiger partial charge in [-0.2, -0.15) is 0 Å². The minimum Gasteiger partial charge on any atom is -0.486 e. The number of anilines is 1. The highest BCUT2D eigenvalue weighted by atomic mass is 32.1. The van der Waals surface area contributed by atoms with Gasteiger partial charge in [-0.05, 0) is 25.1 Å². The van der Waals surface area contributed by atoms with E-state index in [9.17, 15) is 9.59 Å². The highest BCUT2D eigenvalue weighted by molar-refractivity contribution is 7.14. The molecule has 1 aromatic carbocycles. The molecule has 0 saturated carbocycles. The minimum atomic E-state index is -0.654. The Balaban J connectivity index is 1.65. The molecule has 7 nitrogen and oxygen atoms in total. The molecule has 0 aliphatic carbocycles. The molecule has 1 aliphatic heterocycles. The van der Waals surface area contributed by atoms with E-state index in [1.807, 2.05) is 23.6 Å². The zero-order chi connectivity index (χ0) is 19.6. The quantitative estimate of drug-likeness (QED) is 0.839. The third-order valence-corrected chi connectivity index (χ3v) is 4.75. The second-order valence-electron chi connectivity index (χ2n) is 7.33. The maximum atomic E-state index is 12.3. The lowest BCUT2D eigenvalue weighted by Gasteiger charge is -2.21. The number of benzene rings is 1. The van der Waals surface area contributed by atoms with Gasteiger partial charge in [0, 0.05) is 16.4 Å². The summed E-state index contributed by atoms with van der Waals surface area (Å²) in [6.07, 6.45) is 0. The van der Waals surface area contributed by atoms with Gasteiger partial charge >= 0.3 is 0 Å². The van der Waals surface area contributed by atoms with Gasteiger partial charge in [-0.25, -0.2) is 4.98 Å². The molecular formula is C19H23N3O4S. The monoisotopic (exact) mass is 389 g/mol. The number of hydrogen-bond donors (Lipinski definition) is 2.